The van der Waals surface area contributed by atoms with Gasteiger partial charge in [0.15, 0.2) is 0 Å². The van der Waals surface area contributed by atoms with Gasteiger partial charge in [-0.3, -0.25) is 9.36 Å². The van der Waals surface area contributed by atoms with Crippen LogP contribution in [-0.2, 0) is 0 Å². The molecule has 0 aliphatic heterocycles. The Bertz CT molecular complexity index is 888. The summed E-state index contributed by atoms with van der Waals surface area (Å²) in [6.45, 7) is 1.90. The van der Waals surface area contributed by atoms with E-state index < -0.39 is 11.9 Å². The molecule has 3 rings (SSSR count). The van der Waals surface area contributed by atoms with Crippen LogP contribution in [0.2, 0.25) is 0 Å². The SMILES string of the molecule is CC[C@H](N)c1nc2ccccc2c(=O)n1-c1ccccc1F. The molecule has 3 aromatic rings. The zero-order chi connectivity index (χ0) is 15.7. The fourth-order valence-corrected chi connectivity index (χ4v) is 2.45. The second-order valence-corrected chi connectivity index (χ2v) is 5.09. The normalized spacial score (nSPS) is 12.5. The van der Waals surface area contributed by atoms with Crippen molar-refractivity contribution in [2.24, 2.45) is 5.73 Å². The molecule has 4 nitrogen and oxygen atoms in total. The van der Waals surface area contributed by atoms with E-state index in [-0.39, 0.29) is 11.2 Å². The average molecular weight is 297 g/mol. The first-order valence-corrected chi connectivity index (χ1v) is 7.15. The van der Waals surface area contributed by atoms with Gasteiger partial charge in [-0.1, -0.05) is 31.2 Å². The van der Waals surface area contributed by atoms with Crippen LogP contribution in [0.15, 0.2) is 53.3 Å². The highest BCUT2D eigenvalue weighted by Crippen LogP contribution is 2.20. The maximum Gasteiger partial charge on any atom is 0.266 e. The van der Waals surface area contributed by atoms with E-state index in [4.69, 9.17) is 5.73 Å². The van der Waals surface area contributed by atoms with Gasteiger partial charge in [0.05, 0.1) is 22.6 Å². The maximum absolute atomic E-state index is 14.2. The predicted octanol–water partition coefficient (Wildman–Crippen LogP) is 2.93. The van der Waals surface area contributed by atoms with Crippen molar-refractivity contribution in [2.45, 2.75) is 19.4 Å². The van der Waals surface area contributed by atoms with Crippen molar-refractivity contribution in [1.82, 2.24) is 9.55 Å². The summed E-state index contributed by atoms with van der Waals surface area (Å²) in [6, 6.07) is 12.7. The van der Waals surface area contributed by atoms with Crippen LogP contribution in [0.5, 0.6) is 0 Å². The first-order valence-electron chi connectivity index (χ1n) is 7.15. The minimum atomic E-state index is -0.480. The van der Waals surface area contributed by atoms with Gasteiger partial charge in [-0.05, 0) is 30.7 Å². The van der Waals surface area contributed by atoms with Crippen molar-refractivity contribution in [3.05, 3.63) is 70.5 Å². The van der Waals surface area contributed by atoms with Crippen LogP contribution in [0.3, 0.4) is 0 Å². The Morgan fingerprint density at radius 3 is 2.59 bits per heavy atom. The van der Waals surface area contributed by atoms with Gasteiger partial charge in [0, 0.05) is 0 Å². The monoisotopic (exact) mass is 297 g/mol. The fourth-order valence-electron chi connectivity index (χ4n) is 2.45. The minimum absolute atomic E-state index is 0.171. The smallest absolute Gasteiger partial charge is 0.266 e. The van der Waals surface area contributed by atoms with Crippen molar-refractivity contribution in [1.29, 1.82) is 0 Å². The van der Waals surface area contributed by atoms with Crippen LogP contribution in [-0.4, -0.2) is 9.55 Å². The summed E-state index contributed by atoms with van der Waals surface area (Å²) in [7, 11) is 0. The van der Waals surface area contributed by atoms with E-state index in [0.29, 0.717) is 23.1 Å². The Labute approximate surface area is 127 Å². The van der Waals surface area contributed by atoms with Crippen molar-refractivity contribution >= 4 is 10.9 Å². The number of halogens is 1. The summed E-state index contributed by atoms with van der Waals surface area (Å²) < 4.78 is 15.5. The van der Waals surface area contributed by atoms with Crippen molar-refractivity contribution in [3.63, 3.8) is 0 Å². The van der Waals surface area contributed by atoms with Gasteiger partial charge >= 0.3 is 0 Å². The number of para-hydroxylation sites is 2. The number of nitrogens with zero attached hydrogens (tertiary/aromatic N) is 2. The van der Waals surface area contributed by atoms with E-state index in [9.17, 15) is 9.18 Å². The molecule has 0 fully saturated rings. The van der Waals surface area contributed by atoms with Gasteiger partial charge in [-0.25, -0.2) is 9.37 Å². The van der Waals surface area contributed by atoms with Gasteiger partial charge in [0.2, 0.25) is 0 Å². The van der Waals surface area contributed by atoms with E-state index in [1.54, 1.807) is 36.4 Å². The molecule has 5 heteroatoms. The summed E-state index contributed by atoms with van der Waals surface area (Å²) in [5.41, 5.74) is 6.53. The molecule has 0 bridgehead atoms. The largest absolute Gasteiger partial charge is 0.321 e. The van der Waals surface area contributed by atoms with Gasteiger partial charge < -0.3 is 5.73 Å². The molecule has 0 radical (unpaired) electrons. The summed E-state index contributed by atoms with van der Waals surface area (Å²) in [5.74, 6) is -0.109. The highest BCUT2D eigenvalue weighted by molar-refractivity contribution is 5.77. The number of hydrogen-bond donors (Lipinski definition) is 1. The summed E-state index contributed by atoms with van der Waals surface area (Å²) in [5, 5.41) is 0.442. The molecule has 0 aliphatic carbocycles. The van der Waals surface area contributed by atoms with Gasteiger partial charge in [-0.2, -0.15) is 0 Å². The molecule has 1 aromatic heterocycles. The van der Waals surface area contributed by atoms with Crippen molar-refractivity contribution in [2.75, 3.05) is 0 Å². The fraction of sp³-hybridized carbons (Fsp3) is 0.176. The number of hydrogen-bond acceptors (Lipinski definition) is 3. The second-order valence-electron chi connectivity index (χ2n) is 5.09. The summed E-state index contributed by atoms with van der Waals surface area (Å²) in [4.78, 5) is 17.3. The molecule has 22 heavy (non-hydrogen) atoms. The lowest BCUT2D eigenvalue weighted by atomic mass is 10.1. The van der Waals surface area contributed by atoms with E-state index in [2.05, 4.69) is 4.98 Å². The molecule has 0 saturated carbocycles. The highest BCUT2D eigenvalue weighted by atomic mass is 19.1. The number of fused-ring (bicyclic) bond motifs is 1. The van der Waals surface area contributed by atoms with E-state index in [1.165, 1.54) is 10.6 Å². The molecular formula is C17H16FN3O. The van der Waals surface area contributed by atoms with E-state index in [0.717, 1.165) is 0 Å². The molecule has 0 aliphatic rings. The maximum atomic E-state index is 14.2. The first kappa shape index (κ1) is 14.4. The molecule has 1 heterocycles. The van der Waals surface area contributed by atoms with E-state index >= 15 is 0 Å². The molecule has 2 aromatic carbocycles. The van der Waals surface area contributed by atoms with Crippen molar-refractivity contribution < 1.29 is 4.39 Å². The Balaban J connectivity index is 2.43. The Morgan fingerprint density at radius 1 is 1.18 bits per heavy atom. The molecule has 112 valence electrons. The standard InChI is InChI=1S/C17H16FN3O/c1-2-13(19)16-20-14-9-5-3-7-11(14)17(22)21(16)15-10-6-4-8-12(15)18/h3-10,13H,2,19H2,1H3/t13-/m0/s1. The Morgan fingerprint density at radius 2 is 1.86 bits per heavy atom. The quantitative estimate of drug-likeness (QED) is 0.808. The van der Waals surface area contributed by atoms with Crippen LogP contribution in [0.25, 0.3) is 16.6 Å². The number of rotatable bonds is 3. The van der Waals surface area contributed by atoms with Crippen LogP contribution in [0.4, 0.5) is 4.39 Å². The molecule has 1 atom stereocenters. The van der Waals surface area contributed by atoms with Crippen LogP contribution in [0.1, 0.15) is 25.2 Å². The topological polar surface area (TPSA) is 60.9 Å². The second kappa shape index (κ2) is 5.69. The lowest BCUT2D eigenvalue weighted by Gasteiger charge is -2.17. The molecule has 0 spiro atoms. The lowest BCUT2D eigenvalue weighted by molar-refractivity contribution is 0.588. The first-order chi connectivity index (χ1) is 10.6. The third kappa shape index (κ3) is 2.29. The molecule has 0 amide bonds. The van der Waals surface area contributed by atoms with E-state index in [1.807, 2.05) is 13.0 Å². The highest BCUT2D eigenvalue weighted by Gasteiger charge is 2.18. The molecule has 2 N–H and O–H groups in total. The molecule has 0 unspecified atom stereocenters. The predicted molar refractivity (Wildman–Crippen MR) is 84.5 cm³/mol. The zero-order valence-electron chi connectivity index (χ0n) is 12.2. The lowest BCUT2D eigenvalue weighted by Crippen LogP contribution is -2.28. The number of nitrogens with two attached hydrogens (primary N) is 1. The van der Waals surface area contributed by atoms with Gasteiger partial charge in [0.25, 0.3) is 5.56 Å². The number of aromatic nitrogens is 2. The van der Waals surface area contributed by atoms with Crippen LogP contribution >= 0.6 is 0 Å². The Kier molecular flexibility index (Phi) is 3.73. The Hall–Kier alpha value is -2.53. The summed E-state index contributed by atoms with van der Waals surface area (Å²) in [6.07, 6.45) is 0.596. The van der Waals surface area contributed by atoms with Crippen LogP contribution < -0.4 is 11.3 Å². The molecular weight excluding hydrogens is 281 g/mol. The molecule has 0 saturated heterocycles. The van der Waals surface area contributed by atoms with Crippen molar-refractivity contribution in [3.8, 4) is 5.69 Å². The van der Waals surface area contributed by atoms with Crippen LogP contribution in [0, 0.1) is 5.82 Å². The average Bonchev–Trinajstić information content (AvgIpc) is 2.55. The third-order valence-corrected chi connectivity index (χ3v) is 3.67. The number of benzene rings is 2. The minimum Gasteiger partial charge on any atom is -0.321 e. The third-order valence-electron chi connectivity index (χ3n) is 3.67. The summed E-state index contributed by atoms with van der Waals surface area (Å²) >= 11 is 0. The van der Waals surface area contributed by atoms with Gasteiger partial charge in [0.1, 0.15) is 11.6 Å². The van der Waals surface area contributed by atoms with Gasteiger partial charge in [-0.15, -0.1) is 0 Å². The zero-order valence-corrected chi connectivity index (χ0v) is 12.2.